The highest BCUT2D eigenvalue weighted by Gasteiger charge is 2.41. The molecule has 1 unspecified atom stereocenters. The van der Waals surface area contributed by atoms with Crippen LogP contribution in [0.1, 0.15) is 73.9 Å². The zero-order chi connectivity index (χ0) is 36.6. The molecule has 1 amide bonds. The zero-order valence-electron chi connectivity index (χ0n) is 28.9. The van der Waals surface area contributed by atoms with Gasteiger partial charge in [0, 0.05) is 17.2 Å². The summed E-state index contributed by atoms with van der Waals surface area (Å²) in [6, 6.07) is 10.6. The molecule has 1 aliphatic heterocycles. The van der Waals surface area contributed by atoms with Crippen molar-refractivity contribution in [1.82, 2.24) is 19.9 Å². The van der Waals surface area contributed by atoms with Gasteiger partial charge in [-0.3, -0.25) is 9.52 Å². The van der Waals surface area contributed by atoms with Crippen molar-refractivity contribution in [1.29, 1.82) is 0 Å². The minimum absolute atomic E-state index is 0.0395. The second-order valence-corrected chi connectivity index (χ2v) is 15.5. The molecule has 0 radical (unpaired) electrons. The van der Waals surface area contributed by atoms with Crippen LogP contribution in [0.5, 0.6) is 11.5 Å². The molecule has 266 valence electrons. The average molecular weight is 712 g/mol. The monoisotopic (exact) mass is 711 g/mol. The highest BCUT2D eigenvalue weighted by molar-refractivity contribution is 7.92. The van der Waals surface area contributed by atoms with E-state index in [0.29, 0.717) is 23.3 Å². The molecule has 3 heterocycles. The number of aryl methyl sites for hydroxylation is 2. The Hall–Kier alpha value is -4.72. The Morgan fingerprint density at radius 1 is 1.02 bits per heavy atom. The van der Waals surface area contributed by atoms with Gasteiger partial charge >= 0.3 is 6.18 Å². The highest BCUT2D eigenvalue weighted by Crippen LogP contribution is 2.45. The van der Waals surface area contributed by atoms with Gasteiger partial charge in [0.25, 0.3) is 15.9 Å². The summed E-state index contributed by atoms with van der Waals surface area (Å²) in [5.41, 5.74) is -0.824. The molecule has 4 aromatic rings. The zero-order valence-corrected chi connectivity index (χ0v) is 29.7. The summed E-state index contributed by atoms with van der Waals surface area (Å²) < 4.78 is 86.7. The van der Waals surface area contributed by atoms with E-state index in [2.05, 4.69) is 19.7 Å². The summed E-state index contributed by atoms with van der Waals surface area (Å²) in [5, 5.41) is 0. The smallest absolute Gasteiger partial charge is 0.422 e. The Kier molecular flexibility index (Phi) is 10.2. The first-order valence-corrected chi connectivity index (χ1v) is 17.5. The predicted octanol–water partition coefficient (Wildman–Crippen LogP) is 7.60. The number of amides is 1. The third-order valence-electron chi connectivity index (χ3n) is 7.96. The Balaban J connectivity index is 1.73. The molecule has 10 nitrogen and oxygen atoms in total. The average Bonchev–Trinajstić information content (AvgIpc) is 3.00. The predicted molar refractivity (Wildman–Crippen MR) is 182 cm³/mol. The number of rotatable bonds is 6. The Morgan fingerprint density at radius 2 is 1.66 bits per heavy atom. The molecule has 50 heavy (non-hydrogen) atoms. The first-order chi connectivity index (χ1) is 23.3. The maximum atomic E-state index is 15.1. The van der Waals surface area contributed by atoms with Crippen molar-refractivity contribution in [2.24, 2.45) is 5.41 Å². The summed E-state index contributed by atoms with van der Waals surface area (Å²) in [6.45, 7) is 12.3. The second kappa shape index (κ2) is 13.9. The van der Waals surface area contributed by atoms with Gasteiger partial charge in [-0.25, -0.2) is 23.4 Å². The second-order valence-electron chi connectivity index (χ2n) is 13.8. The van der Waals surface area contributed by atoms with Crippen LogP contribution in [0, 0.1) is 19.3 Å². The molecule has 0 aliphatic carbocycles. The number of anilines is 1. The van der Waals surface area contributed by atoms with Gasteiger partial charge in [-0.05, 0) is 68.9 Å². The lowest BCUT2D eigenvalue weighted by atomic mass is 9.87. The molecular formula is C36H40F3N5O5S. The van der Waals surface area contributed by atoms with Crippen LogP contribution in [0.3, 0.4) is 0 Å². The van der Waals surface area contributed by atoms with Crippen LogP contribution in [0.25, 0.3) is 11.3 Å². The van der Waals surface area contributed by atoms with E-state index < -0.39 is 50.6 Å². The molecule has 0 spiro atoms. The minimum atomic E-state index is -4.95. The van der Waals surface area contributed by atoms with E-state index in [4.69, 9.17) is 9.47 Å². The topological polar surface area (TPSA) is 124 Å². The Labute approximate surface area is 290 Å². The number of ether oxygens (including phenoxy) is 2. The lowest BCUT2D eigenvalue weighted by Crippen LogP contribution is -2.45. The van der Waals surface area contributed by atoms with Gasteiger partial charge in [0.2, 0.25) is 0 Å². The number of hydrogen-bond donors (Lipinski definition) is 1. The quantitative estimate of drug-likeness (QED) is 0.217. The van der Waals surface area contributed by atoms with Gasteiger partial charge in [-0.15, -0.1) is 0 Å². The maximum Gasteiger partial charge on any atom is 0.422 e. The van der Waals surface area contributed by atoms with Crippen LogP contribution in [0.4, 0.5) is 19.0 Å². The van der Waals surface area contributed by atoms with Gasteiger partial charge in [0.15, 0.2) is 5.75 Å². The fourth-order valence-corrected chi connectivity index (χ4v) is 6.96. The van der Waals surface area contributed by atoms with E-state index in [9.17, 15) is 13.2 Å². The molecule has 0 saturated carbocycles. The number of alkyl halides is 3. The molecule has 5 rings (SSSR count). The van der Waals surface area contributed by atoms with Crippen molar-refractivity contribution in [2.75, 3.05) is 11.3 Å². The van der Waals surface area contributed by atoms with Gasteiger partial charge in [-0.2, -0.15) is 13.2 Å². The van der Waals surface area contributed by atoms with Gasteiger partial charge in [0.1, 0.15) is 29.6 Å². The van der Waals surface area contributed by atoms with Gasteiger partial charge in [-0.1, -0.05) is 45.0 Å². The summed E-state index contributed by atoms with van der Waals surface area (Å²) >= 11 is 0. The van der Waals surface area contributed by atoms with E-state index in [1.807, 2.05) is 34.6 Å². The minimum Gasteiger partial charge on any atom is -0.491 e. The maximum absolute atomic E-state index is 15.1. The number of carbonyl (C=O) groups excluding carboxylic acids is 1. The Bertz CT molecular complexity index is 1970. The Morgan fingerprint density at radius 3 is 2.26 bits per heavy atom. The van der Waals surface area contributed by atoms with Crippen molar-refractivity contribution < 1.29 is 35.9 Å². The van der Waals surface area contributed by atoms with E-state index in [1.165, 1.54) is 41.6 Å². The molecule has 1 atom stereocenters. The number of fused-ring (bicyclic) bond motifs is 4. The van der Waals surface area contributed by atoms with Crippen molar-refractivity contribution in [3.63, 3.8) is 0 Å². The normalized spacial score (nSPS) is 16.5. The molecule has 0 fully saturated rings. The van der Waals surface area contributed by atoms with Crippen LogP contribution in [0.2, 0.25) is 0 Å². The number of carbonyl (C=O) groups is 1. The van der Waals surface area contributed by atoms with Crippen molar-refractivity contribution in [2.45, 2.75) is 84.6 Å². The van der Waals surface area contributed by atoms with E-state index in [0.717, 1.165) is 6.07 Å². The first-order valence-electron chi connectivity index (χ1n) is 16.1. The third kappa shape index (κ3) is 8.35. The fourth-order valence-electron chi connectivity index (χ4n) is 5.92. The summed E-state index contributed by atoms with van der Waals surface area (Å²) in [6.07, 6.45) is -1.82. The summed E-state index contributed by atoms with van der Waals surface area (Å²) in [7, 11) is -4.44. The standard InChI is InChI=1S/C36H40F3N5O5S/c1-21(2)49-26-17-40-30(41-18-26)19-44-25(16-35(5,6)7)20-48-28-15-29(43-50(46,47)27-13-9-12-24(14-27)34(44)45)42-33(32(28)36(37,38)39)31-22(3)10-8-11-23(31)4/h8-15,17-18,21,25H,16,19-20H2,1-7H3,(H,42,43). The van der Waals surface area contributed by atoms with Gasteiger partial charge in [0.05, 0.1) is 41.7 Å². The SMILES string of the molecule is Cc1cccc(C)c1-c1nc2cc(c1C(F)(F)F)OCC(CC(C)(C)C)N(Cc1ncc(OC(C)C)cn1)C(=O)c1cccc(c1)S(=O)(=O)N2. The number of pyridine rings is 1. The van der Waals surface area contributed by atoms with Crippen LogP contribution in [-0.2, 0) is 22.7 Å². The molecule has 2 aromatic carbocycles. The van der Waals surface area contributed by atoms with Crippen LogP contribution >= 0.6 is 0 Å². The lowest BCUT2D eigenvalue weighted by molar-refractivity contribution is -0.138. The summed E-state index contributed by atoms with van der Waals surface area (Å²) in [5.74, 6) is -0.924. The fraction of sp³-hybridized carbons (Fsp3) is 0.389. The molecule has 14 heteroatoms. The lowest BCUT2D eigenvalue weighted by Gasteiger charge is -2.35. The van der Waals surface area contributed by atoms with Crippen molar-refractivity contribution >= 4 is 21.7 Å². The van der Waals surface area contributed by atoms with Crippen LogP contribution < -0.4 is 14.2 Å². The van der Waals surface area contributed by atoms with Gasteiger partial charge < -0.3 is 14.4 Å². The molecule has 0 saturated heterocycles. The third-order valence-corrected chi connectivity index (χ3v) is 9.31. The molecule has 4 bridgehead atoms. The number of nitrogens with zero attached hydrogens (tertiary/aromatic N) is 4. The number of aromatic nitrogens is 3. The molecule has 2 aromatic heterocycles. The van der Waals surface area contributed by atoms with Crippen molar-refractivity contribution in [3.8, 4) is 22.8 Å². The van der Waals surface area contributed by atoms with Crippen LogP contribution in [-0.4, -0.2) is 52.9 Å². The number of benzene rings is 2. The number of nitrogens with one attached hydrogen (secondary N) is 1. The summed E-state index contributed by atoms with van der Waals surface area (Å²) in [4.78, 5) is 28.5. The molecular weight excluding hydrogens is 671 g/mol. The number of hydrogen-bond acceptors (Lipinski definition) is 8. The highest BCUT2D eigenvalue weighted by atomic mass is 32.2. The first kappa shape index (κ1) is 36.6. The van der Waals surface area contributed by atoms with E-state index in [-0.39, 0.29) is 46.9 Å². The van der Waals surface area contributed by atoms with Crippen LogP contribution in [0.15, 0.2) is 65.8 Å². The van der Waals surface area contributed by atoms with E-state index in [1.54, 1.807) is 32.0 Å². The molecule has 1 N–H and O–H groups in total. The van der Waals surface area contributed by atoms with E-state index >= 15 is 13.2 Å². The largest absolute Gasteiger partial charge is 0.491 e. The number of halogens is 3. The number of sulfonamides is 1. The van der Waals surface area contributed by atoms with Crippen molar-refractivity contribution in [3.05, 3.63) is 89.0 Å². The molecule has 1 aliphatic rings.